The van der Waals surface area contributed by atoms with E-state index in [1.807, 2.05) is 49.4 Å². The smallest absolute Gasteiger partial charge is 0.253 e. The highest BCUT2D eigenvalue weighted by Gasteiger charge is 2.41. The van der Waals surface area contributed by atoms with Crippen molar-refractivity contribution in [3.63, 3.8) is 0 Å². The van der Waals surface area contributed by atoms with Crippen molar-refractivity contribution in [3.05, 3.63) is 59.1 Å². The molecule has 2 aromatic rings. The molecule has 1 unspecified atom stereocenters. The van der Waals surface area contributed by atoms with E-state index in [2.05, 4.69) is 5.32 Å². The van der Waals surface area contributed by atoms with E-state index in [1.165, 1.54) is 0 Å². The predicted octanol–water partition coefficient (Wildman–Crippen LogP) is 3.86. The number of carbonyl (C=O) groups excluding carboxylic acids is 1. The molecule has 0 radical (unpaired) electrons. The Kier molecular flexibility index (Phi) is 4.42. The maximum atomic E-state index is 12.7. The van der Waals surface area contributed by atoms with Gasteiger partial charge in [0.25, 0.3) is 5.91 Å². The van der Waals surface area contributed by atoms with Gasteiger partial charge in [0.2, 0.25) is 0 Å². The molecule has 1 amide bonds. The van der Waals surface area contributed by atoms with Gasteiger partial charge in [-0.2, -0.15) is 0 Å². The Labute approximate surface area is 141 Å². The topological polar surface area (TPSA) is 55.1 Å². The van der Waals surface area contributed by atoms with Crippen LogP contribution in [0.15, 0.2) is 48.5 Å². The number of nitrogens with one attached hydrogen (secondary N) is 1. The van der Waals surface area contributed by atoms with E-state index in [0.717, 1.165) is 24.0 Å². The molecule has 120 valence electrons. The van der Waals surface area contributed by atoms with Crippen LogP contribution >= 0.6 is 11.6 Å². The molecule has 0 bridgehead atoms. The van der Waals surface area contributed by atoms with E-state index in [-0.39, 0.29) is 11.4 Å². The van der Waals surface area contributed by atoms with E-state index in [0.29, 0.717) is 23.0 Å². The van der Waals surface area contributed by atoms with Crippen molar-refractivity contribution < 1.29 is 4.79 Å². The monoisotopic (exact) mass is 328 g/mol. The molecule has 3 rings (SSSR count). The van der Waals surface area contributed by atoms with Crippen molar-refractivity contribution in [3.8, 4) is 11.1 Å². The highest BCUT2D eigenvalue weighted by atomic mass is 35.5. The molecule has 3 N–H and O–H groups in total. The average molecular weight is 329 g/mol. The van der Waals surface area contributed by atoms with Gasteiger partial charge in [-0.25, -0.2) is 0 Å². The predicted molar refractivity (Wildman–Crippen MR) is 94.5 cm³/mol. The summed E-state index contributed by atoms with van der Waals surface area (Å²) in [5.41, 5.74) is 8.05. The Morgan fingerprint density at radius 1 is 1.22 bits per heavy atom. The second kappa shape index (κ2) is 6.34. The lowest BCUT2D eigenvalue weighted by molar-refractivity contribution is 0.0898. The number of halogens is 1. The van der Waals surface area contributed by atoms with Crippen molar-refractivity contribution in [2.24, 2.45) is 11.7 Å². The second-order valence-corrected chi connectivity index (χ2v) is 6.82. The summed E-state index contributed by atoms with van der Waals surface area (Å²) in [6.07, 6.45) is 2.23. The molecule has 4 heteroatoms. The molecule has 1 aliphatic carbocycles. The van der Waals surface area contributed by atoms with Gasteiger partial charge in [0, 0.05) is 6.54 Å². The summed E-state index contributed by atoms with van der Waals surface area (Å²) in [6.45, 7) is 2.44. The fraction of sp³-hybridized carbons (Fsp3) is 0.316. The summed E-state index contributed by atoms with van der Waals surface area (Å²) in [5, 5.41) is 3.55. The normalized spacial score (nSPS) is 16.7. The van der Waals surface area contributed by atoms with Crippen LogP contribution in [0.1, 0.15) is 30.1 Å². The molecule has 1 atom stereocenters. The van der Waals surface area contributed by atoms with Gasteiger partial charge in [-0.3, -0.25) is 4.79 Å². The van der Waals surface area contributed by atoms with Crippen LogP contribution in [-0.4, -0.2) is 18.0 Å². The van der Waals surface area contributed by atoms with Crippen LogP contribution in [0.5, 0.6) is 0 Å². The minimum atomic E-state index is -0.358. The Hall–Kier alpha value is -1.84. The molecule has 0 saturated heterocycles. The van der Waals surface area contributed by atoms with Gasteiger partial charge >= 0.3 is 0 Å². The van der Waals surface area contributed by atoms with E-state index >= 15 is 0 Å². The zero-order valence-electron chi connectivity index (χ0n) is 13.2. The number of nitrogens with two attached hydrogens (primary N) is 1. The molecule has 1 aliphatic rings. The summed E-state index contributed by atoms with van der Waals surface area (Å²) in [5.74, 6) is 0.306. The first kappa shape index (κ1) is 16.0. The molecular weight excluding hydrogens is 308 g/mol. The van der Waals surface area contributed by atoms with E-state index in [4.69, 9.17) is 17.3 Å². The first-order valence-corrected chi connectivity index (χ1v) is 8.29. The van der Waals surface area contributed by atoms with Gasteiger partial charge in [-0.15, -0.1) is 0 Å². The molecule has 0 aromatic heterocycles. The first-order chi connectivity index (χ1) is 11.0. The number of hydrogen-bond donors (Lipinski definition) is 2. The van der Waals surface area contributed by atoms with E-state index in [9.17, 15) is 4.79 Å². The summed E-state index contributed by atoms with van der Waals surface area (Å²) in [4.78, 5) is 12.7. The molecule has 1 saturated carbocycles. The molecule has 23 heavy (non-hydrogen) atoms. The maximum Gasteiger partial charge on any atom is 0.253 e. The molecule has 2 aromatic carbocycles. The van der Waals surface area contributed by atoms with Gasteiger partial charge in [0.1, 0.15) is 0 Å². The van der Waals surface area contributed by atoms with Crippen molar-refractivity contribution in [1.82, 2.24) is 5.32 Å². The Bertz CT molecular complexity index is 713. The van der Waals surface area contributed by atoms with Crippen LogP contribution in [0.25, 0.3) is 11.1 Å². The van der Waals surface area contributed by atoms with Gasteiger partial charge in [-0.05, 0) is 48.9 Å². The van der Waals surface area contributed by atoms with Crippen molar-refractivity contribution in [1.29, 1.82) is 0 Å². The minimum Gasteiger partial charge on any atom is -0.345 e. The number of benzene rings is 2. The number of amides is 1. The van der Waals surface area contributed by atoms with Gasteiger partial charge in [0.15, 0.2) is 0 Å². The highest BCUT2D eigenvalue weighted by Crippen LogP contribution is 2.39. The Morgan fingerprint density at radius 3 is 2.52 bits per heavy atom. The first-order valence-electron chi connectivity index (χ1n) is 7.91. The largest absolute Gasteiger partial charge is 0.345 e. The minimum absolute atomic E-state index is 0.160. The van der Waals surface area contributed by atoms with Gasteiger partial charge in [0.05, 0.1) is 16.1 Å². The number of hydrogen-bond acceptors (Lipinski definition) is 2. The fourth-order valence-corrected chi connectivity index (χ4v) is 3.08. The number of carbonyl (C=O) groups is 1. The molecule has 0 spiro atoms. The molecular formula is C19H21ClN2O. The summed E-state index contributed by atoms with van der Waals surface area (Å²) >= 11 is 6.25. The SMILES string of the molecule is CC(CN)(NC(=O)c1cc(-c2ccccc2)ccc1Cl)C1CC1. The van der Waals surface area contributed by atoms with Gasteiger partial charge < -0.3 is 11.1 Å². The summed E-state index contributed by atoms with van der Waals surface area (Å²) in [7, 11) is 0. The Morgan fingerprint density at radius 2 is 1.91 bits per heavy atom. The van der Waals surface area contributed by atoms with Crippen molar-refractivity contribution in [2.75, 3.05) is 6.54 Å². The van der Waals surface area contributed by atoms with Crippen LogP contribution in [-0.2, 0) is 0 Å². The van der Waals surface area contributed by atoms with E-state index in [1.54, 1.807) is 6.07 Å². The average Bonchev–Trinajstić information content (AvgIpc) is 3.41. The van der Waals surface area contributed by atoms with Crippen LogP contribution in [0.4, 0.5) is 0 Å². The number of rotatable bonds is 5. The van der Waals surface area contributed by atoms with Crippen LogP contribution in [0.3, 0.4) is 0 Å². The standard InChI is InChI=1S/C19H21ClN2O/c1-19(12-21,15-8-9-15)22-18(23)16-11-14(7-10-17(16)20)13-5-3-2-4-6-13/h2-7,10-11,15H,8-9,12,21H2,1H3,(H,22,23). The lowest BCUT2D eigenvalue weighted by Gasteiger charge is -2.29. The van der Waals surface area contributed by atoms with Crippen LogP contribution in [0.2, 0.25) is 5.02 Å². The van der Waals surface area contributed by atoms with Crippen molar-refractivity contribution >= 4 is 17.5 Å². The highest BCUT2D eigenvalue weighted by molar-refractivity contribution is 6.34. The lowest BCUT2D eigenvalue weighted by atomic mass is 9.95. The molecule has 0 aliphatic heterocycles. The van der Waals surface area contributed by atoms with Crippen LogP contribution in [0, 0.1) is 5.92 Å². The molecule has 1 fully saturated rings. The lowest BCUT2D eigenvalue weighted by Crippen LogP contribution is -2.53. The summed E-state index contributed by atoms with van der Waals surface area (Å²) < 4.78 is 0. The third kappa shape index (κ3) is 3.41. The third-order valence-electron chi connectivity index (χ3n) is 4.62. The zero-order chi connectivity index (χ0) is 16.4. The fourth-order valence-electron chi connectivity index (χ4n) is 2.88. The maximum absolute atomic E-state index is 12.7. The Balaban J connectivity index is 1.88. The van der Waals surface area contributed by atoms with Crippen LogP contribution < -0.4 is 11.1 Å². The molecule has 3 nitrogen and oxygen atoms in total. The summed E-state index contributed by atoms with van der Waals surface area (Å²) in [6, 6.07) is 15.5. The molecule has 0 heterocycles. The zero-order valence-corrected chi connectivity index (χ0v) is 13.9. The third-order valence-corrected chi connectivity index (χ3v) is 4.95. The quantitative estimate of drug-likeness (QED) is 0.875. The van der Waals surface area contributed by atoms with Gasteiger partial charge in [-0.1, -0.05) is 48.0 Å². The van der Waals surface area contributed by atoms with E-state index < -0.39 is 0 Å². The second-order valence-electron chi connectivity index (χ2n) is 6.41. The van der Waals surface area contributed by atoms with Crippen molar-refractivity contribution in [2.45, 2.75) is 25.3 Å².